The van der Waals surface area contributed by atoms with E-state index in [0.29, 0.717) is 0 Å². The predicted molar refractivity (Wildman–Crippen MR) is 66.0 cm³/mol. The molecule has 0 saturated carbocycles. The number of rotatable bonds is 6. The van der Waals surface area contributed by atoms with E-state index in [4.69, 9.17) is 0 Å². The van der Waals surface area contributed by atoms with E-state index in [2.05, 4.69) is 41.5 Å². The van der Waals surface area contributed by atoms with Crippen molar-refractivity contribution in [3.05, 3.63) is 0 Å². The molecule has 80 valence electrons. The van der Waals surface area contributed by atoms with E-state index in [1.165, 1.54) is 19.3 Å². The average molecular weight is 206 g/mol. The van der Waals surface area contributed by atoms with Crippen LogP contribution in [0.1, 0.15) is 62.2 Å². The number of hydrogen-bond acceptors (Lipinski definition) is 0. The molecule has 0 N–H and O–H groups in total. The Labute approximate surface area is 115 Å². The Balaban J connectivity index is -0.000000720. The Morgan fingerprint density at radius 2 is 1.00 bits per heavy atom. The van der Waals surface area contributed by atoms with Crippen LogP contribution in [0.2, 0.25) is 17.5 Å². The molecule has 0 nitrogen and oxygen atoms in total. The maximum atomic E-state index is 2.42. The number of hydrogen-bond donors (Lipinski definition) is 0. The summed E-state index contributed by atoms with van der Waals surface area (Å²) in [5, 5.41) is 0. The molecule has 3 unspecified atom stereocenters. The monoisotopic (exact) mass is 206 g/mol. The van der Waals surface area contributed by atoms with Crippen molar-refractivity contribution in [2.75, 3.05) is 0 Å². The van der Waals surface area contributed by atoms with Gasteiger partial charge in [0.25, 0.3) is 0 Å². The van der Waals surface area contributed by atoms with Crippen LogP contribution in [0.25, 0.3) is 0 Å². The van der Waals surface area contributed by atoms with Crippen LogP contribution in [0.4, 0.5) is 0 Å². The van der Waals surface area contributed by atoms with Crippen molar-refractivity contribution in [1.29, 1.82) is 0 Å². The van der Waals surface area contributed by atoms with E-state index in [1.807, 2.05) is 0 Å². The first-order valence-corrected chi connectivity index (χ1v) is 6.08. The zero-order valence-corrected chi connectivity index (χ0v) is 13.4. The fourth-order valence-electron chi connectivity index (χ4n) is 2.50. The normalized spacial score (nSPS) is 16.7. The van der Waals surface area contributed by atoms with Crippen LogP contribution in [0.3, 0.4) is 0 Å². The molecule has 0 rings (SSSR count). The van der Waals surface area contributed by atoms with Gasteiger partial charge in [0.15, 0.2) is 0 Å². The average Bonchev–Trinajstić information content (AvgIpc) is 2.16. The first-order valence-electron chi connectivity index (χ1n) is 6.08. The quantitative estimate of drug-likeness (QED) is 0.583. The third-order valence-corrected chi connectivity index (χ3v) is 3.90. The van der Waals surface area contributed by atoms with Crippen LogP contribution in [0.15, 0.2) is 0 Å². The van der Waals surface area contributed by atoms with Gasteiger partial charge in [-0.1, -0.05) is 78.3 Å². The summed E-state index contributed by atoms with van der Waals surface area (Å²) in [6.07, 6.45) is 4.00. The Morgan fingerprint density at radius 1 is 0.786 bits per heavy atom. The van der Waals surface area contributed by atoms with E-state index in [0.717, 1.165) is 24.2 Å². The molecule has 0 fully saturated rings. The van der Waals surface area contributed by atoms with Gasteiger partial charge in [-0.05, 0) is 0 Å². The summed E-state index contributed by atoms with van der Waals surface area (Å²) < 4.78 is 0. The molecular formula is C12H28BNa. The van der Waals surface area contributed by atoms with Crippen LogP contribution >= 0.6 is 0 Å². The van der Waals surface area contributed by atoms with Crippen molar-refractivity contribution in [2.24, 2.45) is 0 Å². The minimum Gasteiger partial charge on any atom is -1.00 e. The molecule has 0 heterocycles. The molecule has 0 aliphatic carbocycles. The summed E-state index contributed by atoms with van der Waals surface area (Å²) in [6.45, 7) is 15.2. The second-order valence-corrected chi connectivity index (χ2v) is 4.73. The molecule has 0 bridgehead atoms. The second kappa shape index (κ2) is 9.30. The van der Waals surface area contributed by atoms with E-state index >= 15 is 0 Å². The van der Waals surface area contributed by atoms with Gasteiger partial charge in [0.2, 0.25) is 0 Å². The van der Waals surface area contributed by atoms with Gasteiger partial charge in [-0.2, -0.15) is 0 Å². The van der Waals surface area contributed by atoms with E-state index in [9.17, 15) is 0 Å². The third-order valence-electron chi connectivity index (χ3n) is 3.90. The molecule has 3 atom stereocenters. The summed E-state index contributed by atoms with van der Waals surface area (Å²) in [7, 11) is 0. The van der Waals surface area contributed by atoms with E-state index in [1.54, 1.807) is 0 Å². The smallest absolute Gasteiger partial charge is 1.00 e. The van der Waals surface area contributed by atoms with Crippen molar-refractivity contribution in [3.8, 4) is 0 Å². The summed E-state index contributed by atoms with van der Waals surface area (Å²) in [5.74, 6) is 2.68. The maximum Gasteiger partial charge on any atom is 1.00 e. The zero-order valence-electron chi connectivity index (χ0n) is 12.4. The van der Waals surface area contributed by atoms with Gasteiger partial charge >= 0.3 is 29.6 Å². The Kier molecular flexibility index (Phi) is 11.6. The molecule has 0 radical (unpaired) electrons. The van der Waals surface area contributed by atoms with Gasteiger partial charge in [-0.3, -0.25) is 0 Å². The molecule has 2 heteroatoms. The van der Waals surface area contributed by atoms with E-state index in [-0.39, 0.29) is 31.0 Å². The largest absolute Gasteiger partial charge is 1.00 e. The van der Waals surface area contributed by atoms with Gasteiger partial charge in [-0.15, -0.1) is 0 Å². The van der Waals surface area contributed by atoms with Crippen molar-refractivity contribution in [2.45, 2.75) is 78.3 Å². The van der Waals surface area contributed by atoms with Gasteiger partial charge < -0.3 is 1.43 Å². The minimum atomic E-state index is 0. The van der Waals surface area contributed by atoms with Crippen LogP contribution in [0.5, 0.6) is 0 Å². The summed E-state index contributed by atoms with van der Waals surface area (Å²) in [4.78, 5) is 0. The van der Waals surface area contributed by atoms with Crippen LogP contribution < -0.4 is 29.6 Å². The fourth-order valence-corrected chi connectivity index (χ4v) is 2.50. The molecule has 0 aromatic rings. The molecule has 0 aliphatic heterocycles. The molecule has 0 aromatic carbocycles. The van der Waals surface area contributed by atoms with Gasteiger partial charge in [0, 0.05) is 0 Å². The first-order chi connectivity index (χ1) is 6.08. The van der Waals surface area contributed by atoms with Gasteiger partial charge in [0.1, 0.15) is 6.71 Å². The molecule has 0 amide bonds. The summed E-state index contributed by atoms with van der Waals surface area (Å²) >= 11 is 0. The van der Waals surface area contributed by atoms with Gasteiger partial charge in [-0.25, -0.2) is 0 Å². The van der Waals surface area contributed by atoms with Crippen molar-refractivity contribution in [1.82, 2.24) is 0 Å². The Bertz CT molecular complexity index is 109. The standard InChI is InChI=1S/C12H27B.Na.H/c1-7-10(4)13(11(5)8-2)12(6)9-3;;/h10-12H,7-9H2,1-6H3;;/q;+1;-1. The molecule has 0 spiro atoms. The topological polar surface area (TPSA) is 0 Å². The molecule has 0 aliphatic rings. The van der Waals surface area contributed by atoms with Crippen LogP contribution in [0, 0.1) is 0 Å². The van der Waals surface area contributed by atoms with Crippen LogP contribution in [-0.4, -0.2) is 6.71 Å². The summed E-state index contributed by atoms with van der Waals surface area (Å²) in [6, 6.07) is 0. The Hall–Kier alpha value is 1.06. The molecule has 0 saturated heterocycles. The third kappa shape index (κ3) is 5.23. The van der Waals surface area contributed by atoms with Crippen molar-refractivity contribution < 1.29 is 31.0 Å². The zero-order chi connectivity index (χ0) is 10.4. The molecule has 0 aromatic heterocycles. The van der Waals surface area contributed by atoms with Crippen LogP contribution in [-0.2, 0) is 0 Å². The van der Waals surface area contributed by atoms with Crippen molar-refractivity contribution in [3.63, 3.8) is 0 Å². The predicted octanol–water partition coefficient (Wildman–Crippen LogP) is 2.00. The fraction of sp³-hybridized carbons (Fsp3) is 1.00. The van der Waals surface area contributed by atoms with Crippen molar-refractivity contribution >= 4 is 6.71 Å². The minimum absolute atomic E-state index is 0. The molecular weight excluding hydrogens is 178 g/mol. The van der Waals surface area contributed by atoms with Gasteiger partial charge in [0.05, 0.1) is 0 Å². The van der Waals surface area contributed by atoms with E-state index < -0.39 is 0 Å². The Morgan fingerprint density at radius 3 is 1.14 bits per heavy atom. The maximum absolute atomic E-state index is 2.42. The second-order valence-electron chi connectivity index (χ2n) is 4.73. The SMILES string of the molecule is CCC(C)B(C(C)CC)C(C)CC.[H-].[Na+]. The molecule has 14 heavy (non-hydrogen) atoms. The summed E-state index contributed by atoms with van der Waals surface area (Å²) in [5.41, 5.74) is 0. The first kappa shape index (κ1) is 17.5.